The summed E-state index contributed by atoms with van der Waals surface area (Å²) in [5.74, 6) is 0.119. The fourth-order valence-electron chi connectivity index (χ4n) is 5.65. The minimum atomic E-state index is -1.27. The maximum Gasteiger partial charge on any atom is 1.00 e. The van der Waals surface area contributed by atoms with Gasteiger partial charge in [0.2, 0.25) is 0 Å². The zero-order chi connectivity index (χ0) is 28.3. The second-order valence-electron chi connectivity index (χ2n) is 10.6. The van der Waals surface area contributed by atoms with Crippen LogP contribution in [0.25, 0.3) is 11.1 Å². The van der Waals surface area contributed by atoms with E-state index in [2.05, 4.69) is 10.3 Å². The zero-order valence-electron chi connectivity index (χ0n) is 24.4. The number of nitrogens with one attached hydrogen (secondary N) is 1. The summed E-state index contributed by atoms with van der Waals surface area (Å²) >= 11 is 3.28. The van der Waals surface area contributed by atoms with Crippen LogP contribution in [0.2, 0.25) is 0 Å². The van der Waals surface area contributed by atoms with Crippen molar-refractivity contribution in [3.8, 4) is 11.1 Å². The fourth-order valence-corrected chi connectivity index (χ4v) is 6.98. The van der Waals surface area contributed by atoms with Crippen LogP contribution in [0.4, 0.5) is 0 Å². The van der Waals surface area contributed by atoms with Gasteiger partial charge in [0, 0.05) is 23.2 Å². The third-order valence-electron chi connectivity index (χ3n) is 7.84. The van der Waals surface area contributed by atoms with Crippen molar-refractivity contribution in [2.24, 2.45) is 5.92 Å². The quantitative estimate of drug-likeness (QED) is 0.231. The van der Waals surface area contributed by atoms with Gasteiger partial charge in [-0.15, -0.1) is 11.3 Å². The molecule has 1 unspecified atom stereocenters. The molecule has 9 heteroatoms. The Balaban J connectivity index is 0.00000462. The molecule has 0 saturated heterocycles. The Morgan fingerprint density at radius 1 is 1.12 bits per heavy atom. The molecule has 3 aromatic rings. The maximum absolute atomic E-state index is 13.3. The van der Waals surface area contributed by atoms with Gasteiger partial charge in [0.1, 0.15) is 0 Å². The van der Waals surface area contributed by atoms with Gasteiger partial charge in [-0.2, -0.15) is 11.8 Å². The van der Waals surface area contributed by atoms with E-state index in [0.29, 0.717) is 42.8 Å². The minimum absolute atomic E-state index is 0. The number of aryl methyl sites for hydroxylation is 1. The average molecular weight is 587 g/mol. The van der Waals surface area contributed by atoms with Crippen LogP contribution < -0.4 is 29.3 Å². The number of rotatable bonds is 14. The first-order valence-electron chi connectivity index (χ1n) is 14.1. The molecule has 1 fully saturated rings. The molecule has 0 radical (unpaired) electrons. The topological polar surface area (TPSA) is 91.3 Å². The summed E-state index contributed by atoms with van der Waals surface area (Å²) in [5, 5.41) is 14.3. The van der Waals surface area contributed by atoms with Crippen molar-refractivity contribution in [2.75, 3.05) is 18.6 Å². The van der Waals surface area contributed by atoms with Crippen LogP contribution in [-0.2, 0) is 16.1 Å². The summed E-state index contributed by atoms with van der Waals surface area (Å²) < 4.78 is 6.20. The molecule has 1 aliphatic rings. The SMILES string of the molecule is CSCC[C@H](NC(=O)c1ccc(COCCC(c2cncs2)C2CCCCC2)cc1-c1ccccc1C)C(=O)[O-].[Li+]. The van der Waals surface area contributed by atoms with E-state index in [4.69, 9.17) is 4.74 Å². The number of carboxylic acids is 1. The van der Waals surface area contributed by atoms with Crippen molar-refractivity contribution < 1.29 is 38.3 Å². The van der Waals surface area contributed by atoms with Crippen molar-refractivity contribution in [3.05, 3.63) is 75.7 Å². The molecule has 0 spiro atoms. The first kappa shape index (κ1) is 33.4. The van der Waals surface area contributed by atoms with E-state index in [1.807, 2.05) is 61.3 Å². The van der Waals surface area contributed by atoms with E-state index < -0.39 is 17.9 Å². The third-order valence-corrected chi connectivity index (χ3v) is 9.39. The first-order valence-corrected chi connectivity index (χ1v) is 16.4. The largest absolute Gasteiger partial charge is 1.00 e. The summed E-state index contributed by atoms with van der Waals surface area (Å²) in [7, 11) is 0. The van der Waals surface area contributed by atoms with Crippen molar-refractivity contribution in [2.45, 2.75) is 70.4 Å². The number of aliphatic carboxylic acids is 1. The van der Waals surface area contributed by atoms with Gasteiger partial charge in [-0.25, -0.2) is 0 Å². The number of aromatic nitrogens is 1. The Morgan fingerprint density at radius 3 is 2.59 bits per heavy atom. The van der Waals surface area contributed by atoms with Crippen LogP contribution in [0.5, 0.6) is 0 Å². The molecule has 4 rings (SSSR count). The molecule has 1 heterocycles. The molecular weight excluding hydrogens is 547 g/mol. The molecule has 214 valence electrons. The van der Waals surface area contributed by atoms with E-state index in [-0.39, 0.29) is 18.9 Å². The Labute approximate surface area is 264 Å². The number of hydrogen-bond acceptors (Lipinski definition) is 7. The Morgan fingerprint density at radius 2 is 1.90 bits per heavy atom. The number of carbonyl (C=O) groups excluding carboxylic acids is 2. The molecule has 2 atom stereocenters. The molecule has 1 aliphatic carbocycles. The third kappa shape index (κ3) is 9.46. The average Bonchev–Trinajstić information content (AvgIpc) is 3.50. The molecule has 0 bridgehead atoms. The molecule has 1 N–H and O–H groups in total. The summed E-state index contributed by atoms with van der Waals surface area (Å²) in [6, 6.07) is 12.5. The summed E-state index contributed by atoms with van der Waals surface area (Å²) in [6.07, 6.45) is 11.7. The number of amides is 1. The normalized spacial score (nSPS) is 15.1. The number of hydrogen-bond donors (Lipinski definition) is 1. The first-order chi connectivity index (χ1) is 19.5. The number of benzene rings is 2. The van der Waals surface area contributed by atoms with Crippen molar-refractivity contribution in [1.82, 2.24) is 10.3 Å². The number of ether oxygens (including phenoxy) is 1. The molecule has 0 aliphatic heterocycles. The van der Waals surface area contributed by atoms with Gasteiger partial charge in [-0.1, -0.05) is 49.6 Å². The molecule has 2 aromatic carbocycles. The van der Waals surface area contributed by atoms with Crippen molar-refractivity contribution >= 4 is 35.0 Å². The number of thiazole rings is 1. The van der Waals surface area contributed by atoms with E-state index in [1.165, 1.54) is 48.7 Å². The van der Waals surface area contributed by atoms with Crippen LogP contribution in [0.3, 0.4) is 0 Å². The van der Waals surface area contributed by atoms with E-state index in [0.717, 1.165) is 28.7 Å². The molecule has 1 amide bonds. The monoisotopic (exact) mass is 586 g/mol. The van der Waals surface area contributed by atoms with Gasteiger partial charge in [-0.05, 0) is 90.8 Å². The Bertz CT molecular complexity index is 1250. The minimum Gasteiger partial charge on any atom is -0.548 e. The Kier molecular flexibility index (Phi) is 14.0. The standard InChI is InChI=1S/C32H40N2O4S2.Li/c1-22-8-6-7-11-25(22)28-18-23(12-13-27(28)31(35)34-29(32(36)37)15-17-39-2)20-38-16-14-26(30-19-33-21-40-30)24-9-4-3-5-10-24;/h6-8,11-13,18-19,21,24,26,29H,3-5,9-10,14-17,20H2,1-2H3,(H,34,35)(H,36,37);/q;+1/p-1/t26?,29-;/m0./s1. The number of carboxylic acid groups (broad SMARTS) is 1. The van der Waals surface area contributed by atoms with Gasteiger partial charge < -0.3 is 20.0 Å². The summed E-state index contributed by atoms with van der Waals surface area (Å²) in [6.45, 7) is 3.10. The summed E-state index contributed by atoms with van der Waals surface area (Å²) in [4.78, 5) is 30.6. The molecule has 41 heavy (non-hydrogen) atoms. The van der Waals surface area contributed by atoms with Crippen molar-refractivity contribution in [1.29, 1.82) is 0 Å². The number of thioether (sulfide) groups is 1. The molecular formula is C32H39LiN2O4S2. The van der Waals surface area contributed by atoms with Crippen LogP contribution in [0.1, 0.15) is 77.2 Å². The predicted molar refractivity (Wildman–Crippen MR) is 162 cm³/mol. The van der Waals surface area contributed by atoms with Crippen LogP contribution in [0, 0.1) is 12.8 Å². The second kappa shape index (κ2) is 17.1. The van der Waals surface area contributed by atoms with Gasteiger partial charge in [-0.3, -0.25) is 9.78 Å². The van der Waals surface area contributed by atoms with Crippen LogP contribution in [0.15, 0.2) is 54.2 Å². The molecule has 1 aromatic heterocycles. The van der Waals surface area contributed by atoms with E-state index >= 15 is 0 Å². The fraction of sp³-hybridized carbons (Fsp3) is 0.469. The van der Waals surface area contributed by atoms with Gasteiger partial charge >= 0.3 is 18.9 Å². The number of nitrogens with zero attached hydrogens (tertiary/aromatic N) is 1. The zero-order valence-corrected chi connectivity index (χ0v) is 26.0. The maximum atomic E-state index is 13.3. The van der Waals surface area contributed by atoms with Crippen LogP contribution in [-0.4, -0.2) is 41.5 Å². The summed E-state index contributed by atoms with van der Waals surface area (Å²) in [5.41, 5.74) is 6.08. The van der Waals surface area contributed by atoms with E-state index in [1.54, 1.807) is 17.4 Å². The van der Waals surface area contributed by atoms with Crippen LogP contribution >= 0.6 is 23.1 Å². The van der Waals surface area contributed by atoms with Gasteiger partial charge in [0.15, 0.2) is 0 Å². The molecule has 6 nitrogen and oxygen atoms in total. The van der Waals surface area contributed by atoms with Gasteiger partial charge in [0.25, 0.3) is 5.91 Å². The second-order valence-corrected chi connectivity index (χ2v) is 12.5. The smallest absolute Gasteiger partial charge is 0.548 e. The number of carbonyl (C=O) groups is 2. The predicted octanol–water partition coefficient (Wildman–Crippen LogP) is 2.99. The van der Waals surface area contributed by atoms with Crippen molar-refractivity contribution in [3.63, 3.8) is 0 Å². The van der Waals surface area contributed by atoms with E-state index in [9.17, 15) is 14.7 Å². The Hall–Kier alpha value is -2.08. The molecule has 1 saturated carbocycles. The van der Waals surface area contributed by atoms with Gasteiger partial charge in [0.05, 0.1) is 24.1 Å².